The molecule has 0 aliphatic carbocycles. The molecule has 0 saturated carbocycles. The molecule has 5 rings (SSSR count). The van der Waals surface area contributed by atoms with Crippen LogP contribution < -0.4 is 4.90 Å². The smallest absolute Gasteiger partial charge is 0.248 e. The molecule has 1 aromatic carbocycles. The first-order valence-electron chi connectivity index (χ1n) is 10.0. The number of carbonyl (C=O) groups excluding carboxylic acids is 1. The zero-order valence-electron chi connectivity index (χ0n) is 16.4. The minimum Gasteiger partial charge on any atom is -0.367 e. The first kappa shape index (κ1) is 18.1. The molecule has 29 heavy (non-hydrogen) atoms. The van der Waals surface area contributed by atoms with Gasteiger partial charge >= 0.3 is 0 Å². The standard InChI is InChI=1S/C21H24N6O2/c1-15-22-23-19-7-8-20(24-27(15)19)25-9-17-11-26(12-18(17)10-25)21(28)14-29-13-16-5-3-2-4-6-16/h2-8,17-18H,9-14H2,1H3. The summed E-state index contributed by atoms with van der Waals surface area (Å²) in [4.78, 5) is 16.8. The summed E-state index contributed by atoms with van der Waals surface area (Å²) in [5.74, 6) is 2.77. The van der Waals surface area contributed by atoms with Gasteiger partial charge in [0.25, 0.3) is 0 Å². The number of carbonyl (C=O) groups is 1. The van der Waals surface area contributed by atoms with Gasteiger partial charge < -0.3 is 14.5 Å². The summed E-state index contributed by atoms with van der Waals surface area (Å²) < 4.78 is 7.41. The molecule has 2 atom stereocenters. The minimum atomic E-state index is 0.0848. The van der Waals surface area contributed by atoms with Crippen molar-refractivity contribution in [2.24, 2.45) is 11.8 Å². The maximum absolute atomic E-state index is 12.5. The van der Waals surface area contributed by atoms with Crippen LogP contribution in [0.5, 0.6) is 0 Å². The predicted octanol–water partition coefficient (Wildman–Crippen LogP) is 1.54. The molecule has 8 nitrogen and oxygen atoms in total. The summed E-state index contributed by atoms with van der Waals surface area (Å²) in [5, 5.41) is 12.8. The Labute approximate surface area is 169 Å². The number of likely N-dealkylation sites (tertiary alicyclic amines) is 1. The first-order chi connectivity index (χ1) is 14.2. The number of aromatic nitrogens is 4. The Morgan fingerprint density at radius 2 is 1.79 bits per heavy atom. The van der Waals surface area contributed by atoms with Crippen molar-refractivity contribution < 1.29 is 9.53 Å². The topological polar surface area (TPSA) is 75.9 Å². The Hall–Kier alpha value is -3.00. The van der Waals surface area contributed by atoms with Crippen molar-refractivity contribution in [1.82, 2.24) is 24.7 Å². The molecule has 0 spiro atoms. The Bertz CT molecular complexity index is 1010. The second-order valence-corrected chi connectivity index (χ2v) is 7.91. The molecule has 1 amide bonds. The van der Waals surface area contributed by atoms with E-state index < -0.39 is 0 Å². The Morgan fingerprint density at radius 1 is 1.03 bits per heavy atom. The number of rotatable bonds is 5. The third-order valence-corrected chi connectivity index (χ3v) is 5.90. The molecule has 0 N–H and O–H groups in total. The van der Waals surface area contributed by atoms with Gasteiger partial charge in [0.15, 0.2) is 11.5 Å². The predicted molar refractivity (Wildman–Crippen MR) is 107 cm³/mol. The van der Waals surface area contributed by atoms with Gasteiger partial charge in [0.05, 0.1) is 6.61 Å². The third-order valence-electron chi connectivity index (χ3n) is 5.90. The number of amides is 1. The van der Waals surface area contributed by atoms with E-state index in [9.17, 15) is 4.79 Å². The molecular formula is C21H24N6O2. The molecule has 0 radical (unpaired) electrons. The van der Waals surface area contributed by atoms with E-state index in [0.29, 0.717) is 18.4 Å². The number of nitrogens with zero attached hydrogens (tertiary/aromatic N) is 6. The Balaban J connectivity index is 1.15. The van der Waals surface area contributed by atoms with Crippen LogP contribution in [-0.4, -0.2) is 63.4 Å². The lowest BCUT2D eigenvalue weighted by molar-refractivity contribution is -0.135. The van der Waals surface area contributed by atoms with Crippen LogP contribution in [0.4, 0.5) is 5.82 Å². The zero-order valence-corrected chi connectivity index (χ0v) is 16.4. The molecule has 2 aliphatic heterocycles. The van der Waals surface area contributed by atoms with E-state index in [2.05, 4.69) is 20.2 Å². The van der Waals surface area contributed by atoms with Gasteiger partial charge in [-0.2, -0.15) is 4.52 Å². The largest absolute Gasteiger partial charge is 0.367 e. The first-order valence-corrected chi connectivity index (χ1v) is 10.0. The van der Waals surface area contributed by atoms with Gasteiger partial charge in [0, 0.05) is 38.0 Å². The fraction of sp³-hybridized carbons (Fsp3) is 0.429. The lowest BCUT2D eigenvalue weighted by Crippen LogP contribution is -2.35. The van der Waals surface area contributed by atoms with Crippen LogP contribution in [0.2, 0.25) is 0 Å². The van der Waals surface area contributed by atoms with Crippen LogP contribution in [-0.2, 0) is 16.1 Å². The van der Waals surface area contributed by atoms with E-state index in [1.807, 2.05) is 54.3 Å². The summed E-state index contributed by atoms with van der Waals surface area (Å²) in [7, 11) is 0. The van der Waals surface area contributed by atoms with Gasteiger partial charge in [-0.05, 0) is 24.6 Å². The number of fused-ring (bicyclic) bond motifs is 2. The summed E-state index contributed by atoms with van der Waals surface area (Å²) in [6.07, 6.45) is 0. The van der Waals surface area contributed by atoms with E-state index in [4.69, 9.17) is 4.74 Å². The zero-order chi connectivity index (χ0) is 19.8. The van der Waals surface area contributed by atoms with Crippen LogP contribution in [0.15, 0.2) is 42.5 Å². The summed E-state index contributed by atoms with van der Waals surface area (Å²) in [5.41, 5.74) is 1.85. The van der Waals surface area contributed by atoms with Crippen LogP contribution in [0.25, 0.3) is 5.65 Å². The fourth-order valence-corrected chi connectivity index (χ4v) is 4.36. The molecule has 2 aliphatic rings. The maximum Gasteiger partial charge on any atom is 0.248 e. The molecule has 0 bridgehead atoms. The van der Waals surface area contributed by atoms with Crippen molar-refractivity contribution >= 4 is 17.4 Å². The SMILES string of the molecule is Cc1nnc2ccc(N3CC4CN(C(=O)COCc5ccccc5)CC4C3)nn12. The highest BCUT2D eigenvalue weighted by atomic mass is 16.5. The molecule has 150 valence electrons. The number of hydrogen-bond donors (Lipinski definition) is 0. The van der Waals surface area contributed by atoms with Crippen LogP contribution >= 0.6 is 0 Å². The van der Waals surface area contributed by atoms with Crippen LogP contribution in [0.3, 0.4) is 0 Å². The van der Waals surface area contributed by atoms with Crippen molar-refractivity contribution in [3.8, 4) is 0 Å². The molecular weight excluding hydrogens is 368 g/mol. The lowest BCUT2D eigenvalue weighted by Gasteiger charge is -2.22. The van der Waals surface area contributed by atoms with Crippen molar-refractivity contribution in [1.29, 1.82) is 0 Å². The van der Waals surface area contributed by atoms with Crippen molar-refractivity contribution in [3.63, 3.8) is 0 Å². The highest BCUT2D eigenvalue weighted by molar-refractivity contribution is 5.77. The van der Waals surface area contributed by atoms with E-state index in [-0.39, 0.29) is 12.5 Å². The third kappa shape index (κ3) is 3.55. The van der Waals surface area contributed by atoms with Gasteiger partial charge in [-0.15, -0.1) is 15.3 Å². The second kappa shape index (κ2) is 7.44. The minimum absolute atomic E-state index is 0.0848. The molecule has 2 unspecified atom stereocenters. The van der Waals surface area contributed by atoms with Crippen LogP contribution in [0.1, 0.15) is 11.4 Å². The average Bonchev–Trinajstić information content (AvgIpc) is 3.42. The monoisotopic (exact) mass is 392 g/mol. The summed E-state index contributed by atoms with van der Waals surface area (Å²) in [6, 6.07) is 13.9. The maximum atomic E-state index is 12.5. The molecule has 2 fully saturated rings. The normalized spacial score (nSPS) is 21.1. The van der Waals surface area contributed by atoms with Gasteiger partial charge in [0.2, 0.25) is 5.91 Å². The van der Waals surface area contributed by atoms with Crippen molar-refractivity contribution in [2.45, 2.75) is 13.5 Å². The van der Waals surface area contributed by atoms with Crippen LogP contribution in [0, 0.1) is 18.8 Å². The highest BCUT2D eigenvalue weighted by Gasteiger charge is 2.42. The van der Waals surface area contributed by atoms with Gasteiger partial charge in [-0.3, -0.25) is 4.79 Å². The summed E-state index contributed by atoms with van der Waals surface area (Å²) in [6.45, 7) is 5.93. The van der Waals surface area contributed by atoms with Gasteiger partial charge in [0.1, 0.15) is 12.4 Å². The molecule has 4 heterocycles. The lowest BCUT2D eigenvalue weighted by atomic mass is 10.0. The second-order valence-electron chi connectivity index (χ2n) is 7.91. The molecule has 2 aromatic heterocycles. The highest BCUT2D eigenvalue weighted by Crippen LogP contribution is 2.33. The number of benzene rings is 1. The Morgan fingerprint density at radius 3 is 2.55 bits per heavy atom. The molecule has 8 heteroatoms. The van der Waals surface area contributed by atoms with Gasteiger partial charge in [-0.25, -0.2) is 0 Å². The fourth-order valence-electron chi connectivity index (χ4n) is 4.36. The van der Waals surface area contributed by atoms with Gasteiger partial charge in [-0.1, -0.05) is 30.3 Å². The van der Waals surface area contributed by atoms with E-state index >= 15 is 0 Å². The van der Waals surface area contributed by atoms with E-state index in [0.717, 1.165) is 49.0 Å². The van der Waals surface area contributed by atoms with Crippen molar-refractivity contribution in [3.05, 3.63) is 53.9 Å². The van der Waals surface area contributed by atoms with E-state index in [1.165, 1.54) is 0 Å². The number of hydrogen-bond acceptors (Lipinski definition) is 6. The quantitative estimate of drug-likeness (QED) is 0.656. The molecule has 2 saturated heterocycles. The van der Waals surface area contributed by atoms with E-state index in [1.54, 1.807) is 4.52 Å². The summed E-state index contributed by atoms with van der Waals surface area (Å²) >= 11 is 0. The Kier molecular flexibility index (Phi) is 4.63. The number of anilines is 1. The molecule has 3 aromatic rings. The average molecular weight is 392 g/mol. The number of ether oxygens (including phenoxy) is 1. The van der Waals surface area contributed by atoms with Crippen molar-refractivity contribution in [2.75, 3.05) is 37.7 Å². The number of aryl methyl sites for hydroxylation is 1.